The second-order valence-electron chi connectivity index (χ2n) is 3.59. The van der Waals surface area contributed by atoms with Crippen molar-refractivity contribution in [3.8, 4) is 5.75 Å². The summed E-state index contributed by atoms with van der Waals surface area (Å²) in [4.78, 5) is 15.7. The fourth-order valence-electron chi connectivity index (χ4n) is 1.57. The molecule has 19 heavy (non-hydrogen) atoms. The number of alkyl halides is 3. The van der Waals surface area contributed by atoms with Gasteiger partial charge >= 0.3 is 12.3 Å². The van der Waals surface area contributed by atoms with E-state index in [1.54, 1.807) is 6.92 Å². The molecule has 0 aliphatic heterocycles. The number of carbonyl (C=O) groups excluding carboxylic acids is 1. The van der Waals surface area contributed by atoms with E-state index in [4.69, 9.17) is 0 Å². The second kappa shape index (κ2) is 4.69. The van der Waals surface area contributed by atoms with E-state index in [0.717, 1.165) is 13.2 Å². The van der Waals surface area contributed by atoms with Crippen LogP contribution in [0.3, 0.4) is 0 Å². The topological polar surface area (TPSA) is 48.4 Å². The average Bonchev–Trinajstić information content (AvgIpc) is 2.65. The number of esters is 1. The van der Waals surface area contributed by atoms with Gasteiger partial charge in [-0.15, -0.1) is 24.5 Å². The zero-order chi connectivity index (χ0) is 14.2. The van der Waals surface area contributed by atoms with Crippen molar-refractivity contribution in [1.29, 1.82) is 0 Å². The number of fused-ring (bicyclic) bond motifs is 1. The number of aromatic nitrogens is 1. The standard InChI is InChI=1S/C11H8F3NO3S/c1-5-15-9-7(10(16)17-2)3-6(4-8(9)19-5)18-11(12,13)14/h3-4H,1-2H3. The van der Waals surface area contributed by atoms with E-state index in [0.29, 0.717) is 15.2 Å². The molecule has 102 valence electrons. The molecule has 4 nitrogen and oxygen atoms in total. The molecular formula is C11H8F3NO3S. The van der Waals surface area contributed by atoms with Crippen molar-refractivity contribution in [2.24, 2.45) is 0 Å². The highest BCUT2D eigenvalue weighted by atomic mass is 32.1. The molecule has 0 unspecified atom stereocenters. The summed E-state index contributed by atoms with van der Waals surface area (Å²) in [6, 6.07) is 2.17. The maximum Gasteiger partial charge on any atom is 0.573 e. The third-order valence-corrected chi connectivity index (χ3v) is 3.13. The maximum atomic E-state index is 12.2. The Balaban J connectivity index is 2.59. The number of aryl methyl sites for hydroxylation is 1. The van der Waals surface area contributed by atoms with Gasteiger partial charge in [0.25, 0.3) is 0 Å². The number of carbonyl (C=O) groups is 1. The summed E-state index contributed by atoms with van der Waals surface area (Å²) in [6.45, 7) is 1.69. The van der Waals surface area contributed by atoms with Gasteiger partial charge in [-0.3, -0.25) is 0 Å². The second-order valence-corrected chi connectivity index (χ2v) is 4.82. The van der Waals surface area contributed by atoms with E-state index < -0.39 is 18.1 Å². The van der Waals surface area contributed by atoms with Crippen molar-refractivity contribution in [2.45, 2.75) is 13.3 Å². The van der Waals surface area contributed by atoms with Crippen LogP contribution in [0.2, 0.25) is 0 Å². The van der Waals surface area contributed by atoms with Crippen LogP contribution < -0.4 is 4.74 Å². The molecule has 0 radical (unpaired) electrons. The number of benzene rings is 1. The molecule has 0 saturated carbocycles. The minimum Gasteiger partial charge on any atom is -0.465 e. The highest BCUT2D eigenvalue weighted by Crippen LogP contribution is 2.32. The quantitative estimate of drug-likeness (QED) is 0.797. The van der Waals surface area contributed by atoms with Gasteiger partial charge in [0, 0.05) is 6.07 Å². The molecule has 0 aliphatic carbocycles. The molecule has 1 heterocycles. The first-order valence-corrected chi connectivity index (χ1v) is 5.87. The highest BCUT2D eigenvalue weighted by molar-refractivity contribution is 7.18. The van der Waals surface area contributed by atoms with E-state index in [-0.39, 0.29) is 5.56 Å². The van der Waals surface area contributed by atoms with Crippen LogP contribution in [0.25, 0.3) is 10.2 Å². The smallest absolute Gasteiger partial charge is 0.465 e. The van der Waals surface area contributed by atoms with Crippen molar-refractivity contribution in [2.75, 3.05) is 7.11 Å². The summed E-state index contributed by atoms with van der Waals surface area (Å²) in [5.41, 5.74) is 0.257. The Bertz CT molecular complexity index is 636. The van der Waals surface area contributed by atoms with Crippen molar-refractivity contribution >= 4 is 27.5 Å². The lowest BCUT2D eigenvalue weighted by Gasteiger charge is -2.10. The van der Waals surface area contributed by atoms with Gasteiger partial charge in [-0.1, -0.05) is 0 Å². The Morgan fingerprint density at radius 1 is 1.37 bits per heavy atom. The number of hydrogen-bond acceptors (Lipinski definition) is 5. The maximum absolute atomic E-state index is 12.2. The number of hydrogen-bond donors (Lipinski definition) is 0. The SMILES string of the molecule is COC(=O)c1cc(OC(F)(F)F)cc2sc(C)nc12. The molecule has 0 bridgehead atoms. The van der Waals surface area contributed by atoms with Gasteiger partial charge < -0.3 is 9.47 Å². The molecule has 0 N–H and O–H groups in total. The third-order valence-electron chi connectivity index (χ3n) is 2.21. The highest BCUT2D eigenvalue weighted by Gasteiger charge is 2.32. The Hall–Kier alpha value is -1.83. The van der Waals surface area contributed by atoms with Gasteiger partial charge in [0.2, 0.25) is 0 Å². The van der Waals surface area contributed by atoms with E-state index in [1.165, 1.54) is 17.4 Å². The first-order valence-electron chi connectivity index (χ1n) is 5.05. The van der Waals surface area contributed by atoms with Crippen LogP contribution in [0.5, 0.6) is 5.75 Å². The van der Waals surface area contributed by atoms with Gasteiger partial charge in [-0.05, 0) is 13.0 Å². The summed E-state index contributed by atoms with van der Waals surface area (Å²) in [5, 5.41) is 0.629. The normalized spacial score (nSPS) is 11.6. The fraction of sp³-hybridized carbons (Fsp3) is 0.273. The molecule has 0 atom stereocenters. The Kier molecular flexibility index (Phi) is 3.36. The summed E-state index contributed by atoms with van der Waals surface area (Å²) in [5.74, 6) is -1.23. The summed E-state index contributed by atoms with van der Waals surface area (Å²) >= 11 is 1.17. The van der Waals surface area contributed by atoms with E-state index >= 15 is 0 Å². The number of halogens is 3. The van der Waals surface area contributed by atoms with Crippen molar-refractivity contribution < 1.29 is 27.4 Å². The monoisotopic (exact) mass is 291 g/mol. The molecular weight excluding hydrogens is 283 g/mol. The van der Waals surface area contributed by atoms with E-state index in [1.807, 2.05) is 0 Å². The Morgan fingerprint density at radius 2 is 2.05 bits per heavy atom. The minimum atomic E-state index is -4.82. The number of ether oxygens (including phenoxy) is 2. The number of methoxy groups -OCH3 is 1. The van der Waals surface area contributed by atoms with Gasteiger partial charge in [0.15, 0.2) is 0 Å². The average molecular weight is 291 g/mol. The summed E-state index contributed by atoms with van der Waals surface area (Å²) < 4.78 is 45.4. The van der Waals surface area contributed by atoms with Gasteiger partial charge in [-0.25, -0.2) is 9.78 Å². The van der Waals surface area contributed by atoms with Gasteiger partial charge in [0.1, 0.15) is 5.75 Å². The third kappa shape index (κ3) is 2.95. The number of thiazole rings is 1. The minimum absolute atomic E-state index is 0.0522. The van der Waals surface area contributed by atoms with Crippen LogP contribution >= 0.6 is 11.3 Å². The Labute approximate surface area is 109 Å². The lowest BCUT2D eigenvalue weighted by atomic mass is 10.2. The van der Waals surface area contributed by atoms with Crippen LogP contribution in [-0.4, -0.2) is 24.4 Å². The van der Waals surface area contributed by atoms with Crippen molar-refractivity contribution in [3.63, 3.8) is 0 Å². The molecule has 1 aromatic heterocycles. The molecule has 2 aromatic rings. The molecule has 0 fully saturated rings. The Morgan fingerprint density at radius 3 is 2.63 bits per heavy atom. The zero-order valence-corrected chi connectivity index (χ0v) is 10.7. The fourth-order valence-corrected chi connectivity index (χ4v) is 2.46. The van der Waals surface area contributed by atoms with Gasteiger partial charge in [-0.2, -0.15) is 0 Å². The first kappa shape index (κ1) is 13.6. The molecule has 2 rings (SSSR count). The van der Waals surface area contributed by atoms with Crippen LogP contribution in [0, 0.1) is 6.92 Å². The molecule has 0 amide bonds. The predicted octanol–water partition coefficient (Wildman–Crippen LogP) is 3.29. The summed E-state index contributed by atoms with van der Waals surface area (Å²) in [6.07, 6.45) is -4.82. The number of nitrogens with zero attached hydrogens (tertiary/aromatic N) is 1. The molecule has 1 aromatic carbocycles. The van der Waals surface area contributed by atoms with Gasteiger partial charge in [0.05, 0.1) is 27.9 Å². The zero-order valence-electron chi connectivity index (χ0n) is 9.87. The van der Waals surface area contributed by atoms with Crippen LogP contribution in [0.15, 0.2) is 12.1 Å². The molecule has 0 spiro atoms. The summed E-state index contributed by atoms with van der Waals surface area (Å²) in [7, 11) is 1.14. The van der Waals surface area contributed by atoms with E-state index in [2.05, 4.69) is 14.5 Å². The van der Waals surface area contributed by atoms with E-state index in [9.17, 15) is 18.0 Å². The van der Waals surface area contributed by atoms with Crippen molar-refractivity contribution in [3.05, 3.63) is 22.7 Å². The van der Waals surface area contributed by atoms with Crippen LogP contribution in [-0.2, 0) is 4.74 Å². The van der Waals surface area contributed by atoms with Crippen molar-refractivity contribution in [1.82, 2.24) is 4.98 Å². The molecule has 0 aliphatic rings. The van der Waals surface area contributed by atoms with Crippen LogP contribution in [0.4, 0.5) is 13.2 Å². The largest absolute Gasteiger partial charge is 0.573 e. The molecule has 0 saturated heterocycles. The lowest BCUT2D eigenvalue weighted by molar-refractivity contribution is -0.274. The first-order chi connectivity index (χ1) is 8.80. The number of rotatable bonds is 2. The van der Waals surface area contributed by atoms with Crippen LogP contribution in [0.1, 0.15) is 15.4 Å². The molecule has 8 heteroatoms. The lowest BCUT2D eigenvalue weighted by Crippen LogP contribution is -2.17. The predicted molar refractivity (Wildman–Crippen MR) is 62.4 cm³/mol.